The zero-order valence-corrected chi connectivity index (χ0v) is 15.2. The van der Waals surface area contributed by atoms with Crippen LogP contribution in [-0.4, -0.2) is 58.7 Å². The van der Waals surface area contributed by atoms with Crippen molar-refractivity contribution in [3.05, 3.63) is 59.9 Å². The number of carbonyl (C=O) groups is 3. The van der Waals surface area contributed by atoms with E-state index in [2.05, 4.69) is 10.3 Å². The molecular weight excluding hydrogens is 344 g/mol. The van der Waals surface area contributed by atoms with Gasteiger partial charge in [0.25, 0.3) is 11.8 Å². The Kier molecular flexibility index (Phi) is 5.80. The zero-order chi connectivity index (χ0) is 19.2. The molecule has 3 amide bonds. The molecule has 1 N–H and O–H groups in total. The summed E-state index contributed by atoms with van der Waals surface area (Å²) in [6, 6.07) is 12.1. The van der Waals surface area contributed by atoms with Crippen LogP contribution in [0.1, 0.15) is 34.2 Å². The van der Waals surface area contributed by atoms with Crippen LogP contribution in [0.3, 0.4) is 0 Å². The normalized spacial score (nSPS) is 14.4. The molecule has 1 saturated heterocycles. The summed E-state index contributed by atoms with van der Waals surface area (Å²) in [6.07, 6.45) is 2.32. The maximum absolute atomic E-state index is 12.8. The Bertz CT molecular complexity index is 821. The number of carbonyl (C=O) groups excluding carboxylic acids is 3. The van der Waals surface area contributed by atoms with Gasteiger partial charge in [-0.3, -0.25) is 19.4 Å². The van der Waals surface area contributed by atoms with E-state index in [-0.39, 0.29) is 17.7 Å². The molecule has 0 saturated carbocycles. The summed E-state index contributed by atoms with van der Waals surface area (Å²) in [4.78, 5) is 44.0. The maximum atomic E-state index is 12.8. The molecule has 1 aromatic heterocycles. The van der Waals surface area contributed by atoms with Gasteiger partial charge < -0.3 is 15.1 Å². The summed E-state index contributed by atoms with van der Waals surface area (Å²) in [6.45, 7) is 3.59. The second-order valence-corrected chi connectivity index (χ2v) is 6.41. The SMILES string of the molecule is CC(=O)Nc1ccc(C(=O)N2CCCN(C(=O)c3ccccn3)CC2)cc1. The van der Waals surface area contributed by atoms with Crippen molar-refractivity contribution in [3.8, 4) is 0 Å². The predicted molar refractivity (Wildman–Crippen MR) is 101 cm³/mol. The standard InChI is InChI=1S/C20H22N4O3/c1-15(25)22-17-8-6-16(7-9-17)19(26)23-11-4-12-24(14-13-23)20(27)18-5-2-3-10-21-18/h2-3,5-10H,4,11-14H2,1H3,(H,22,25). The lowest BCUT2D eigenvalue weighted by Crippen LogP contribution is -2.37. The van der Waals surface area contributed by atoms with E-state index in [9.17, 15) is 14.4 Å². The molecule has 3 rings (SSSR count). The van der Waals surface area contributed by atoms with Crippen molar-refractivity contribution in [2.24, 2.45) is 0 Å². The molecular formula is C20H22N4O3. The molecule has 1 aromatic carbocycles. The number of aromatic nitrogens is 1. The average Bonchev–Trinajstić information content (AvgIpc) is 2.94. The smallest absolute Gasteiger partial charge is 0.272 e. The molecule has 1 aliphatic rings. The Labute approximate surface area is 158 Å². The molecule has 0 bridgehead atoms. The van der Waals surface area contributed by atoms with Gasteiger partial charge in [-0.15, -0.1) is 0 Å². The highest BCUT2D eigenvalue weighted by Crippen LogP contribution is 2.14. The summed E-state index contributed by atoms with van der Waals surface area (Å²) >= 11 is 0. The molecule has 1 aliphatic heterocycles. The first-order valence-corrected chi connectivity index (χ1v) is 8.92. The van der Waals surface area contributed by atoms with Gasteiger partial charge in [-0.05, 0) is 42.8 Å². The third-order valence-corrected chi connectivity index (χ3v) is 4.41. The fourth-order valence-electron chi connectivity index (χ4n) is 3.06. The monoisotopic (exact) mass is 366 g/mol. The molecule has 0 radical (unpaired) electrons. The number of benzene rings is 1. The van der Waals surface area contributed by atoms with E-state index in [0.717, 1.165) is 0 Å². The van der Waals surface area contributed by atoms with Gasteiger partial charge in [0.2, 0.25) is 5.91 Å². The van der Waals surface area contributed by atoms with E-state index in [1.165, 1.54) is 6.92 Å². The van der Waals surface area contributed by atoms with Crippen LogP contribution < -0.4 is 5.32 Å². The van der Waals surface area contributed by atoms with Crippen molar-refractivity contribution < 1.29 is 14.4 Å². The Morgan fingerprint density at radius 3 is 2.15 bits per heavy atom. The van der Waals surface area contributed by atoms with Crippen LogP contribution >= 0.6 is 0 Å². The predicted octanol–water partition coefficient (Wildman–Crippen LogP) is 2.03. The first kappa shape index (κ1) is 18.6. The zero-order valence-electron chi connectivity index (χ0n) is 15.2. The summed E-state index contributed by atoms with van der Waals surface area (Å²) in [5.41, 5.74) is 1.64. The van der Waals surface area contributed by atoms with Gasteiger partial charge in [0.1, 0.15) is 5.69 Å². The maximum Gasteiger partial charge on any atom is 0.272 e. The number of pyridine rings is 1. The highest BCUT2D eigenvalue weighted by atomic mass is 16.2. The van der Waals surface area contributed by atoms with Gasteiger partial charge in [-0.2, -0.15) is 0 Å². The van der Waals surface area contributed by atoms with Gasteiger partial charge in [-0.25, -0.2) is 0 Å². The highest BCUT2D eigenvalue weighted by Gasteiger charge is 2.24. The van der Waals surface area contributed by atoms with E-state index in [1.807, 2.05) is 0 Å². The Morgan fingerprint density at radius 2 is 1.56 bits per heavy atom. The summed E-state index contributed by atoms with van der Waals surface area (Å²) < 4.78 is 0. The van der Waals surface area contributed by atoms with Crippen LogP contribution in [0.4, 0.5) is 5.69 Å². The number of amides is 3. The molecule has 1 fully saturated rings. The molecule has 7 nitrogen and oxygen atoms in total. The largest absolute Gasteiger partial charge is 0.337 e. The third-order valence-electron chi connectivity index (χ3n) is 4.41. The van der Waals surface area contributed by atoms with Gasteiger partial charge >= 0.3 is 0 Å². The fraction of sp³-hybridized carbons (Fsp3) is 0.300. The molecule has 140 valence electrons. The summed E-state index contributed by atoms with van der Waals surface area (Å²) in [5.74, 6) is -0.333. The minimum absolute atomic E-state index is 0.0727. The second kappa shape index (κ2) is 8.44. The topological polar surface area (TPSA) is 82.6 Å². The Hall–Kier alpha value is -3.22. The molecule has 2 heterocycles. The molecule has 27 heavy (non-hydrogen) atoms. The number of nitrogens with one attached hydrogen (secondary N) is 1. The number of hydrogen-bond acceptors (Lipinski definition) is 4. The van der Waals surface area contributed by atoms with Crippen molar-refractivity contribution in [3.63, 3.8) is 0 Å². The van der Waals surface area contributed by atoms with E-state index in [4.69, 9.17) is 0 Å². The van der Waals surface area contributed by atoms with Crippen LogP contribution in [0.25, 0.3) is 0 Å². The highest BCUT2D eigenvalue weighted by molar-refractivity contribution is 5.96. The van der Waals surface area contributed by atoms with E-state index in [0.29, 0.717) is 49.5 Å². The summed E-state index contributed by atoms with van der Waals surface area (Å²) in [5, 5.41) is 2.68. The van der Waals surface area contributed by atoms with Gasteiger partial charge in [0.05, 0.1) is 0 Å². The van der Waals surface area contributed by atoms with Crippen molar-refractivity contribution in [2.75, 3.05) is 31.5 Å². The van der Waals surface area contributed by atoms with Crippen molar-refractivity contribution >= 4 is 23.4 Å². The first-order chi connectivity index (χ1) is 13.0. The quantitative estimate of drug-likeness (QED) is 0.901. The number of hydrogen-bond donors (Lipinski definition) is 1. The molecule has 0 spiro atoms. The van der Waals surface area contributed by atoms with Gasteiger partial charge in [0.15, 0.2) is 0 Å². The first-order valence-electron chi connectivity index (χ1n) is 8.92. The Morgan fingerprint density at radius 1 is 0.889 bits per heavy atom. The van der Waals surface area contributed by atoms with Crippen LogP contribution in [0, 0.1) is 0 Å². The summed E-state index contributed by atoms with van der Waals surface area (Å²) in [7, 11) is 0. The van der Waals surface area contributed by atoms with Crippen molar-refractivity contribution in [1.29, 1.82) is 0 Å². The van der Waals surface area contributed by atoms with Crippen LogP contribution in [0.5, 0.6) is 0 Å². The van der Waals surface area contributed by atoms with Gasteiger partial charge in [0, 0.05) is 50.6 Å². The minimum atomic E-state index is -0.153. The van der Waals surface area contributed by atoms with Crippen LogP contribution in [0.15, 0.2) is 48.7 Å². The van der Waals surface area contributed by atoms with E-state index >= 15 is 0 Å². The average molecular weight is 366 g/mol. The second-order valence-electron chi connectivity index (χ2n) is 6.41. The van der Waals surface area contributed by atoms with E-state index < -0.39 is 0 Å². The van der Waals surface area contributed by atoms with Crippen LogP contribution in [0.2, 0.25) is 0 Å². The Balaban J connectivity index is 1.62. The number of rotatable bonds is 3. The molecule has 2 aromatic rings. The molecule has 0 atom stereocenters. The molecule has 0 unspecified atom stereocenters. The van der Waals surface area contributed by atoms with Gasteiger partial charge in [-0.1, -0.05) is 6.07 Å². The van der Waals surface area contributed by atoms with E-state index in [1.54, 1.807) is 58.5 Å². The van der Waals surface area contributed by atoms with Crippen LogP contribution in [-0.2, 0) is 4.79 Å². The number of nitrogens with zero attached hydrogens (tertiary/aromatic N) is 3. The fourth-order valence-corrected chi connectivity index (χ4v) is 3.06. The van der Waals surface area contributed by atoms with Crippen molar-refractivity contribution in [1.82, 2.24) is 14.8 Å². The third kappa shape index (κ3) is 4.69. The lowest BCUT2D eigenvalue weighted by molar-refractivity contribution is -0.114. The van der Waals surface area contributed by atoms with Crippen molar-refractivity contribution in [2.45, 2.75) is 13.3 Å². The lowest BCUT2D eigenvalue weighted by atomic mass is 10.1. The number of anilines is 1. The molecule has 7 heteroatoms. The minimum Gasteiger partial charge on any atom is -0.337 e. The lowest BCUT2D eigenvalue weighted by Gasteiger charge is -2.22. The molecule has 0 aliphatic carbocycles.